The minimum absolute atomic E-state index is 0. The number of guanidine groups is 1. The highest BCUT2D eigenvalue weighted by Gasteiger charge is 2.26. The lowest BCUT2D eigenvalue weighted by Crippen LogP contribution is -2.54. The summed E-state index contributed by atoms with van der Waals surface area (Å²) < 4.78 is 13.6. The molecule has 0 unspecified atom stereocenters. The molecular weight excluding hydrogens is 496 g/mol. The van der Waals surface area contributed by atoms with Gasteiger partial charge in [0.1, 0.15) is 5.82 Å². The Morgan fingerprint density at radius 1 is 1.23 bits per heavy atom. The van der Waals surface area contributed by atoms with Gasteiger partial charge in [-0.2, -0.15) is 0 Å². The number of halogens is 2. The van der Waals surface area contributed by atoms with Crippen LogP contribution in [-0.4, -0.2) is 73.5 Å². The minimum atomic E-state index is -0.258. The minimum Gasteiger partial charge on any atom is -0.357 e. The molecule has 6 nitrogen and oxygen atoms in total. The lowest BCUT2D eigenvalue weighted by molar-refractivity contribution is -0.122. The molecule has 1 saturated carbocycles. The number of nitrogens with one attached hydrogen (secondary N) is 2. The number of aliphatic imine (C=N–C) groups is 1. The molecule has 3 rings (SSSR count). The van der Waals surface area contributed by atoms with Crippen LogP contribution in [0.5, 0.6) is 0 Å². The molecule has 1 amide bonds. The van der Waals surface area contributed by atoms with Gasteiger partial charge in [0, 0.05) is 44.2 Å². The van der Waals surface area contributed by atoms with E-state index in [1.807, 2.05) is 6.07 Å². The van der Waals surface area contributed by atoms with Gasteiger partial charge in [-0.05, 0) is 37.5 Å². The largest absolute Gasteiger partial charge is 0.357 e. The summed E-state index contributed by atoms with van der Waals surface area (Å²) >= 11 is 0. The van der Waals surface area contributed by atoms with Crippen molar-refractivity contribution in [3.8, 4) is 0 Å². The van der Waals surface area contributed by atoms with Crippen molar-refractivity contribution in [3.63, 3.8) is 0 Å². The fraction of sp³-hybridized carbons (Fsp3) is 0.636. The van der Waals surface area contributed by atoms with Crippen LogP contribution >= 0.6 is 24.0 Å². The summed E-state index contributed by atoms with van der Waals surface area (Å²) in [4.78, 5) is 21.3. The molecule has 168 valence electrons. The van der Waals surface area contributed by atoms with Crippen LogP contribution in [0.4, 0.5) is 4.39 Å². The highest BCUT2D eigenvalue weighted by atomic mass is 127. The molecule has 30 heavy (non-hydrogen) atoms. The highest BCUT2D eigenvalue weighted by molar-refractivity contribution is 14.0. The van der Waals surface area contributed by atoms with E-state index in [-0.39, 0.29) is 41.1 Å². The number of nitrogens with zero attached hydrogens (tertiary/aromatic N) is 3. The number of carbonyl (C=O) groups excluding carboxylic acids is 1. The number of piperazine rings is 1. The van der Waals surface area contributed by atoms with Crippen molar-refractivity contribution in [2.45, 2.75) is 45.1 Å². The standard InChI is InChI=1S/C22H34FN5O.HI/c1-4-24-21(25-16-22(2,3)17-6-5-7-18(23)14-17)28-12-10-27(11-13-28)15-20(29)26-19-8-9-19;/h5-7,14,19H,4,8-13,15-16H2,1-3H3,(H,24,25)(H,26,29);1H. The molecular formula is C22H35FIN5O. The Morgan fingerprint density at radius 3 is 2.53 bits per heavy atom. The summed E-state index contributed by atoms with van der Waals surface area (Å²) in [6.45, 7) is 11.4. The molecule has 0 aromatic heterocycles. The summed E-state index contributed by atoms with van der Waals surface area (Å²) in [5, 5.41) is 6.44. The van der Waals surface area contributed by atoms with Crippen LogP contribution in [0, 0.1) is 5.82 Å². The Morgan fingerprint density at radius 2 is 1.93 bits per heavy atom. The van der Waals surface area contributed by atoms with E-state index < -0.39 is 0 Å². The second kappa shape index (κ2) is 11.3. The first-order valence-electron chi connectivity index (χ1n) is 10.7. The van der Waals surface area contributed by atoms with Gasteiger partial charge in [0.2, 0.25) is 5.91 Å². The van der Waals surface area contributed by atoms with E-state index in [1.165, 1.54) is 6.07 Å². The van der Waals surface area contributed by atoms with Gasteiger partial charge in [-0.15, -0.1) is 24.0 Å². The number of carbonyl (C=O) groups is 1. The third-order valence-electron chi connectivity index (χ3n) is 5.55. The molecule has 0 spiro atoms. The molecule has 8 heteroatoms. The number of hydrogen-bond acceptors (Lipinski definition) is 3. The maximum atomic E-state index is 13.6. The van der Waals surface area contributed by atoms with Crippen molar-refractivity contribution in [2.24, 2.45) is 4.99 Å². The van der Waals surface area contributed by atoms with Gasteiger partial charge < -0.3 is 15.5 Å². The number of amides is 1. The first-order chi connectivity index (χ1) is 13.9. The maximum absolute atomic E-state index is 13.6. The van der Waals surface area contributed by atoms with Crippen LogP contribution < -0.4 is 10.6 Å². The molecule has 1 aromatic carbocycles. The lowest BCUT2D eigenvalue weighted by Gasteiger charge is -2.36. The summed E-state index contributed by atoms with van der Waals surface area (Å²) in [6, 6.07) is 7.18. The predicted molar refractivity (Wildman–Crippen MR) is 130 cm³/mol. The molecule has 1 aliphatic heterocycles. The van der Waals surface area contributed by atoms with Crippen LogP contribution in [0.1, 0.15) is 39.2 Å². The fourth-order valence-electron chi connectivity index (χ4n) is 3.52. The molecule has 0 bridgehead atoms. The predicted octanol–water partition coefficient (Wildman–Crippen LogP) is 2.58. The Bertz CT molecular complexity index is 730. The highest BCUT2D eigenvalue weighted by Crippen LogP contribution is 2.24. The first-order valence-corrected chi connectivity index (χ1v) is 10.7. The van der Waals surface area contributed by atoms with Gasteiger partial charge in [-0.3, -0.25) is 14.7 Å². The first kappa shape index (κ1) is 24.8. The van der Waals surface area contributed by atoms with Crippen molar-refractivity contribution in [3.05, 3.63) is 35.6 Å². The monoisotopic (exact) mass is 531 g/mol. The molecule has 1 heterocycles. The van der Waals surface area contributed by atoms with Gasteiger partial charge in [0.15, 0.2) is 5.96 Å². The number of benzene rings is 1. The van der Waals surface area contributed by atoms with Crippen molar-refractivity contribution < 1.29 is 9.18 Å². The van der Waals surface area contributed by atoms with Gasteiger partial charge in [0.25, 0.3) is 0 Å². The van der Waals surface area contributed by atoms with Crippen LogP contribution in [-0.2, 0) is 10.2 Å². The average Bonchev–Trinajstić information content (AvgIpc) is 3.50. The molecule has 2 fully saturated rings. The molecule has 2 aliphatic rings. The maximum Gasteiger partial charge on any atom is 0.234 e. The second-order valence-corrected chi connectivity index (χ2v) is 8.67. The van der Waals surface area contributed by atoms with E-state index in [1.54, 1.807) is 12.1 Å². The zero-order valence-electron chi connectivity index (χ0n) is 18.3. The van der Waals surface area contributed by atoms with E-state index in [9.17, 15) is 9.18 Å². The van der Waals surface area contributed by atoms with Gasteiger partial charge in [0.05, 0.1) is 13.1 Å². The van der Waals surface area contributed by atoms with Gasteiger partial charge in [-0.1, -0.05) is 26.0 Å². The van der Waals surface area contributed by atoms with E-state index in [2.05, 4.69) is 41.2 Å². The normalized spacial score (nSPS) is 18.0. The molecule has 1 saturated heterocycles. The average molecular weight is 531 g/mol. The van der Waals surface area contributed by atoms with E-state index in [4.69, 9.17) is 4.99 Å². The van der Waals surface area contributed by atoms with Crippen LogP contribution in [0.2, 0.25) is 0 Å². The topological polar surface area (TPSA) is 60.0 Å². The zero-order valence-corrected chi connectivity index (χ0v) is 20.6. The Kier molecular flexibility index (Phi) is 9.33. The third-order valence-corrected chi connectivity index (χ3v) is 5.55. The zero-order chi connectivity index (χ0) is 20.9. The SMILES string of the molecule is CCNC(=NCC(C)(C)c1cccc(F)c1)N1CCN(CC(=O)NC2CC2)CC1.I. The Balaban J connectivity index is 0.00000320. The summed E-state index contributed by atoms with van der Waals surface area (Å²) in [5.41, 5.74) is 0.689. The molecule has 0 atom stereocenters. The quantitative estimate of drug-likeness (QED) is 0.323. The number of hydrogen-bond donors (Lipinski definition) is 2. The van der Waals surface area contributed by atoms with Crippen molar-refractivity contribution in [1.29, 1.82) is 0 Å². The fourth-order valence-corrected chi connectivity index (χ4v) is 3.52. The van der Waals surface area contributed by atoms with Crippen molar-refractivity contribution in [1.82, 2.24) is 20.4 Å². The smallest absolute Gasteiger partial charge is 0.234 e. The van der Waals surface area contributed by atoms with Crippen LogP contribution in [0.15, 0.2) is 29.3 Å². The molecule has 0 radical (unpaired) electrons. The summed E-state index contributed by atoms with van der Waals surface area (Å²) in [7, 11) is 0. The molecule has 2 N–H and O–H groups in total. The summed E-state index contributed by atoms with van der Waals surface area (Å²) in [5.74, 6) is 0.811. The third kappa shape index (κ3) is 7.37. The lowest BCUT2D eigenvalue weighted by atomic mass is 9.85. The van der Waals surface area contributed by atoms with E-state index >= 15 is 0 Å². The number of rotatable bonds is 7. The van der Waals surface area contributed by atoms with Crippen molar-refractivity contribution >= 4 is 35.8 Å². The molecule has 1 aliphatic carbocycles. The summed E-state index contributed by atoms with van der Waals surface area (Å²) in [6.07, 6.45) is 2.24. The second-order valence-electron chi connectivity index (χ2n) is 8.67. The van der Waals surface area contributed by atoms with E-state index in [0.717, 1.165) is 57.1 Å². The van der Waals surface area contributed by atoms with Gasteiger partial charge in [-0.25, -0.2) is 4.39 Å². The Hall–Kier alpha value is -1.42. The Labute approximate surface area is 196 Å². The van der Waals surface area contributed by atoms with Crippen molar-refractivity contribution in [2.75, 3.05) is 45.8 Å². The van der Waals surface area contributed by atoms with Crippen LogP contribution in [0.25, 0.3) is 0 Å². The molecule has 1 aromatic rings. The van der Waals surface area contributed by atoms with Gasteiger partial charge >= 0.3 is 0 Å². The van der Waals surface area contributed by atoms with E-state index in [0.29, 0.717) is 19.1 Å². The van der Waals surface area contributed by atoms with Crippen LogP contribution in [0.3, 0.4) is 0 Å².